The van der Waals surface area contributed by atoms with E-state index >= 15 is 0 Å². The Balaban J connectivity index is 1.53. The number of nitrogens with one attached hydrogen (secondary N) is 1. The highest BCUT2D eigenvalue weighted by Crippen LogP contribution is 2.40. The molecule has 0 amide bonds. The Labute approximate surface area is 155 Å². The zero-order chi connectivity index (χ0) is 17.5. The van der Waals surface area contributed by atoms with Gasteiger partial charge < -0.3 is 16.0 Å². The number of benzene rings is 1. The number of hydrogen-bond acceptors (Lipinski definition) is 5. The maximum absolute atomic E-state index is 6.17. The first-order valence-corrected chi connectivity index (χ1v) is 9.99. The first kappa shape index (κ1) is 16.1. The van der Waals surface area contributed by atoms with Crippen LogP contribution in [0.5, 0.6) is 0 Å². The lowest BCUT2D eigenvalue weighted by Crippen LogP contribution is -2.40. The molecule has 0 saturated carbocycles. The van der Waals surface area contributed by atoms with E-state index < -0.39 is 0 Å². The quantitative estimate of drug-likeness (QED) is 0.873. The number of nitrogens with two attached hydrogens (primary N) is 1. The SMILES string of the molecule is Nc1nc2c(c(N3C[C@H]4CCCN[C@H]4C3)n1)CCCC2c1ccccc1. The Morgan fingerprint density at radius 3 is 2.77 bits per heavy atom. The molecule has 3 aliphatic rings. The fourth-order valence-electron chi connectivity index (χ4n) is 5.15. The van der Waals surface area contributed by atoms with Gasteiger partial charge in [0, 0.05) is 30.6 Å². The summed E-state index contributed by atoms with van der Waals surface area (Å²) in [6.45, 7) is 3.29. The summed E-state index contributed by atoms with van der Waals surface area (Å²) < 4.78 is 0. The van der Waals surface area contributed by atoms with Crippen LogP contribution in [0.2, 0.25) is 0 Å². The van der Waals surface area contributed by atoms with Crippen molar-refractivity contribution >= 4 is 11.8 Å². The average molecular weight is 349 g/mol. The van der Waals surface area contributed by atoms with Gasteiger partial charge in [-0.05, 0) is 50.1 Å². The van der Waals surface area contributed by atoms with Gasteiger partial charge in [-0.3, -0.25) is 0 Å². The van der Waals surface area contributed by atoms with E-state index in [4.69, 9.17) is 15.7 Å². The molecule has 2 fully saturated rings. The smallest absolute Gasteiger partial charge is 0.222 e. The molecule has 1 aromatic carbocycles. The van der Waals surface area contributed by atoms with Crippen LogP contribution in [0.25, 0.3) is 0 Å². The molecule has 3 heterocycles. The van der Waals surface area contributed by atoms with Gasteiger partial charge in [0.05, 0.1) is 5.69 Å². The highest BCUT2D eigenvalue weighted by Gasteiger charge is 2.37. The van der Waals surface area contributed by atoms with Gasteiger partial charge in [-0.25, -0.2) is 4.98 Å². The van der Waals surface area contributed by atoms with Gasteiger partial charge in [0.1, 0.15) is 5.82 Å². The van der Waals surface area contributed by atoms with Crippen LogP contribution in [-0.4, -0.2) is 35.6 Å². The zero-order valence-corrected chi connectivity index (χ0v) is 15.2. The summed E-state index contributed by atoms with van der Waals surface area (Å²) in [5.74, 6) is 2.60. The van der Waals surface area contributed by atoms with Gasteiger partial charge in [-0.2, -0.15) is 4.98 Å². The van der Waals surface area contributed by atoms with Crippen molar-refractivity contribution in [3.05, 3.63) is 47.2 Å². The molecule has 0 spiro atoms. The maximum atomic E-state index is 6.17. The van der Waals surface area contributed by atoms with Crippen molar-refractivity contribution in [1.82, 2.24) is 15.3 Å². The summed E-state index contributed by atoms with van der Waals surface area (Å²) >= 11 is 0. The zero-order valence-electron chi connectivity index (χ0n) is 15.2. The van der Waals surface area contributed by atoms with Crippen LogP contribution >= 0.6 is 0 Å². The summed E-state index contributed by atoms with van der Waals surface area (Å²) in [5.41, 5.74) is 10.0. The fraction of sp³-hybridized carbons (Fsp3) is 0.524. The predicted molar refractivity (Wildman–Crippen MR) is 104 cm³/mol. The molecule has 5 rings (SSSR count). The number of aromatic nitrogens is 2. The highest BCUT2D eigenvalue weighted by atomic mass is 15.3. The van der Waals surface area contributed by atoms with E-state index in [2.05, 4.69) is 40.5 Å². The Hall–Kier alpha value is -2.14. The second kappa shape index (κ2) is 6.54. The van der Waals surface area contributed by atoms with Crippen molar-refractivity contribution in [1.29, 1.82) is 0 Å². The molecule has 136 valence electrons. The lowest BCUT2D eigenvalue weighted by atomic mass is 9.82. The van der Waals surface area contributed by atoms with Gasteiger partial charge in [-0.1, -0.05) is 30.3 Å². The number of piperidine rings is 1. The summed E-state index contributed by atoms with van der Waals surface area (Å²) in [4.78, 5) is 11.9. The van der Waals surface area contributed by atoms with Crippen LogP contribution in [0.15, 0.2) is 30.3 Å². The molecule has 0 radical (unpaired) electrons. The van der Waals surface area contributed by atoms with E-state index in [0.29, 0.717) is 17.9 Å². The third-order valence-electron chi connectivity index (χ3n) is 6.38. The molecule has 1 aliphatic carbocycles. The van der Waals surface area contributed by atoms with Crippen molar-refractivity contribution in [2.24, 2.45) is 5.92 Å². The molecule has 3 atom stereocenters. The summed E-state index contributed by atoms with van der Waals surface area (Å²) in [5, 5.41) is 3.69. The third kappa shape index (κ3) is 2.75. The van der Waals surface area contributed by atoms with Crippen LogP contribution in [0.3, 0.4) is 0 Å². The minimum atomic E-state index is 0.340. The molecule has 3 N–H and O–H groups in total. The molecule has 2 aromatic rings. The Kier molecular flexibility index (Phi) is 4.04. The van der Waals surface area contributed by atoms with E-state index in [9.17, 15) is 0 Å². The lowest BCUT2D eigenvalue weighted by molar-refractivity contribution is 0.340. The second-order valence-electron chi connectivity index (χ2n) is 7.99. The molecule has 26 heavy (non-hydrogen) atoms. The summed E-state index contributed by atoms with van der Waals surface area (Å²) in [6, 6.07) is 11.3. The molecule has 1 unspecified atom stereocenters. The second-order valence-corrected chi connectivity index (χ2v) is 7.99. The molecular formula is C21H27N5. The summed E-state index contributed by atoms with van der Waals surface area (Å²) in [6.07, 6.45) is 6.00. The Morgan fingerprint density at radius 1 is 1.04 bits per heavy atom. The van der Waals surface area contributed by atoms with Gasteiger partial charge in [0.25, 0.3) is 0 Å². The first-order chi connectivity index (χ1) is 12.8. The lowest BCUT2D eigenvalue weighted by Gasteiger charge is -2.29. The minimum Gasteiger partial charge on any atom is -0.368 e. The van der Waals surface area contributed by atoms with Crippen LogP contribution in [-0.2, 0) is 6.42 Å². The molecule has 5 heteroatoms. The van der Waals surface area contributed by atoms with Crippen LogP contribution in [0.1, 0.15) is 48.4 Å². The predicted octanol–water partition coefficient (Wildman–Crippen LogP) is 2.72. The standard InChI is InChI=1S/C21H27N5/c22-21-24-19-16(14-6-2-1-3-7-14)9-4-10-17(19)20(25-21)26-12-15-8-5-11-23-18(15)13-26/h1-3,6-7,15-16,18,23H,4-5,8-13H2,(H2,22,24,25)/t15-,16?,18+/m1/s1. The van der Waals surface area contributed by atoms with Crippen LogP contribution in [0, 0.1) is 5.92 Å². The van der Waals surface area contributed by atoms with Crippen molar-refractivity contribution in [3.63, 3.8) is 0 Å². The van der Waals surface area contributed by atoms with Crippen molar-refractivity contribution in [3.8, 4) is 0 Å². The number of nitrogen functional groups attached to an aromatic ring is 1. The molecule has 2 saturated heterocycles. The number of hydrogen-bond donors (Lipinski definition) is 2. The monoisotopic (exact) mass is 349 g/mol. The normalized spacial score (nSPS) is 27.8. The first-order valence-electron chi connectivity index (χ1n) is 9.99. The topological polar surface area (TPSA) is 67.1 Å². The van der Waals surface area contributed by atoms with Crippen molar-refractivity contribution in [2.75, 3.05) is 30.3 Å². The highest BCUT2D eigenvalue weighted by molar-refractivity contribution is 5.56. The van der Waals surface area contributed by atoms with Crippen LogP contribution < -0.4 is 16.0 Å². The van der Waals surface area contributed by atoms with E-state index in [1.807, 2.05) is 0 Å². The Bertz CT molecular complexity index is 776. The molecule has 5 nitrogen and oxygen atoms in total. The molecule has 1 aromatic heterocycles. The Morgan fingerprint density at radius 2 is 1.92 bits per heavy atom. The van der Waals surface area contributed by atoms with Gasteiger partial charge in [-0.15, -0.1) is 0 Å². The molecule has 2 aliphatic heterocycles. The maximum Gasteiger partial charge on any atom is 0.222 e. The number of nitrogens with zero attached hydrogens (tertiary/aromatic N) is 3. The largest absolute Gasteiger partial charge is 0.368 e. The number of rotatable bonds is 2. The average Bonchev–Trinajstić information content (AvgIpc) is 3.11. The minimum absolute atomic E-state index is 0.340. The molecule has 0 bridgehead atoms. The summed E-state index contributed by atoms with van der Waals surface area (Å²) in [7, 11) is 0. The van der Waals surface area contributed by atoms with Crippen molar-refractivity contribution in [2.45, 2.75) is 44.1 Å². The van der Waals surface area contributed by atoms with E-state index in [0.717, 1.165) is 49.9 Å². The van der Waals surface area contributed by atoms with Gasteiger partial charge >= 0.3 is 0 Å². The van der Waals surface area contributed by atoms with Gasteiger partial charge in [0.2, 0.25) is 5.95 Å². The molecular weight excluding hydrogens is 322 g/mol. The third-order valence-corrected chi connectivity index (χ3v) is 6.38. The fourth-order valence-corrected chi connectivity index (χ4v) is 5.15. The van der Waals surface area contributed by atoms with Crippen LogP contribution in [0.4, 0.5) is 11.8 Å². The van der Waals surface area contributed by atoms with E-state index in [-0.39, 0.29) is 0 Å². The number of fused-ring (bicyclic) bond motifs is 2. The van der Waals surface area contributed by atoms with Crippen molar-refractivity contribution < 1.29 is 0 Å². The van der Waals surface area contributed by atoms with E-state index in [1.54, 1.807) is 0 Å². The van der Waals surface area contributed by atoms with Gasteiger partial charge in [0.15, 0.2) is 0 Å². The van der Waals surface area contributed by atoms with E-state index in [1.165, 1.54) is 30.4 Å². The number of anilines is 2.